The summed E-state index contributed by atoms with van der Waals surface area (Å²) < 4.78 is 47.8. The zero-order valence-electron chi connectivity index (χ0n) is 25.4. The van der Waals surface area contributed by atoms with Crippen molar-refractivity contribution in [3.8, 4) is 0 Å². The highest BCUT2D eigenvalue weighted by molar-refractivity contribution is 7.87. The number of nitrogens with one attached hydrogen (secondary N) is 1. The van der Waals surface area contributed by atoms with Gasteiger partial charge >= 0.3 is 0 Å². The number of alkyl halides is 1. The van der Waals surface area contributed by atoms with Gasteiger partial charge in [-0.1, -0.05) is 155 Å². The third kappa shape index (κ3) is 27.2. The van der Waals surface area contributed by atoms with E-state index < -0.39 is 15.1 Å². The fraction of sp³-hybridized carbons (Fsp3) is 1.00. The van der Waals surface area contributed by atoms with E-state index in [-0.39, 0.29) is 12.8 Å². The topological polar surface area (TPSA) is 66.4 Å². The molecule has 0 bridgehead atoms. The Labute approximate surface area is 232 Å². The van der Waals surface area contributed by atoms with Gasteiger partial charge in [-0.25, -0.2) is 4.39 Å². The minimum atomic E-state index is -4.66. The number of unbranched alkanes of at least 4 members (excludes halogenated alkanes) is 22. The van der Waals surface area contributed by atoms with Crippen LogP contribution < -0.4 is 5.32 Å². The van der Waals surface area contributed by atoms with Gasteiger partial charge in [-0.2, -0.15) is 8.42 Å². The lowest BCUT2D eigenvalue weighted by Crippen LogP contribution is -2.33. The van der Waals surface area contributed by atoms with Gasteiger partial charge in [0.1, 0.15) is 0 Å². The summed E-state index contributed by atoms with van der Waals surface area (Å²) in [5.41, 5.74) is 0. The van der Waals surface area contributed by atoms with Crippen LogP contribution in [0.15, 0.2) is 0 Å². The summed E-state index contributed by atoms with van der Waals surface area (Å²) in [6.07, 6.45) is 28.0. The second-order valence-electron chi connectivity index (χ2n) is 11.1. The Morgan fingerprint density at radius 1 is 0.514 bits per heavy atom. The van der Waals surface area contributed by atoms with Gasteiger partial charge in [-0.15, -0.1) is 0 Å². The number of hydrogen-bond acceptors (Lipinski definition) is 3. The van der Waals surface area contributed by atoms with Crippen LogP contribution in [-0.2, 0) is 10.1 Å². The van der Waals surface area contributed by atoms with Crippen LogP contribution in [0.4, 0.5) is 4.39 Å². The highest BCUT2D eigenvalue weighted by Crippen LogP contribution is 2.32. The molecular formula is C31H66FNO3S. The van der Waals surface area contributed by atoms with E-state index in [0.717, 1.165) is 38.5 Å². The first kappa shape index (κ1) is 38.9. The van der Waals surface area contributed by atoms with Crippen LogP contribution in [-0.4, -0.2) is 32.1 Å². The first-order chi connectivity index (χ1) is 17.8. The van der Waals surface area contributed by atoms with Crippen molar-refractivity contribution in [1.82, 2.24) is 5.32 Å². The predicted molar refractivity (Wildman–Crippen MR) is 162 cm³/mol. The largest absolute Gasteiger partial charge is 0.323 e. The van der Waals surface area contributed by atoms with Gasteiger partial charge in [0, 0.05) is 0 Å². The van der Waals surface area contributed by atoms with Crippen molar-refractivity contribution < 1.29 is 17.4 Å². The summed E-state index contributed by atoms with van der Waals surface area (Å²) in [5.74, 6) is 0. The van der Waals surface area contributed by atoms with Crippen molar-refractivity contribution in [2.75, 3.05) is 14.1 Å². The number of halogens is 1. The molecule has 0 aliphatic rings. The monoisotopic (exact) mass is 551 g/mol. The van der Waals surface area contributed by atoms with E-state index in [0.29, 0.717) is 12.8 Å². The lowest BCUT2D eigenvalue weighted by Gasteiger charge is -2.22. The normalized spacial score (nSPS) is 13.2. The molecule has 0 heterocycles. The second-order valence-corrected chi connectivity index (χ2v) is 12.8. The fourth-order valence-electron chi connectivity index (χ4n) is 4.84. The van der Waals surface area contributed by atoms with Gasteiger partial charge in [0.25, 0.3) is 10.1 Å². The average molecular weight is 552 g/mol. The minimum Gasteiger partial charge on any atom is -0.323 e. The van der Waals surface area contributed by atoms with E-state index in [4.69, 9.17) is 0 Å². The molecule has 0 rings (SSSR count). The summed E-state index contributed by atoms with van der Waals surface area (Å²) in [7, 11) is -0.907. The van der Waals surface area contributed by atoms with E-state index in [1.54, 1.807) is 0 Å². The summed E-state index contributed by atoms with van der Waals surface area (Å²) in [4.78, 5) is 0. The number of hydrogen-bond donors (Lipinski definition) is 2. The Balaban J connectivity index is 0. The average Bonchev–Trinajstić information content (AvgIpc) is 2.85. The van der Waals surface area contributed by atoms with Crippen LogP contribution in [0.5, 0.6) is 0 Å². The quantitative estimate of drug-likeness (QED) is 0.0787. The molecule has 4 nitrogen and oxygen atoms in total. The highest BCUT2D eigenvalue weighted by atomic mass is 32.2. The van der Waals surface area contributed by atoms with Crippen LogP contribution in [0.25, 0.3) is 0 Å². The van der Waals surface area contributed by atoms with Crippen molar-refractivity contribution in [2.24, 2.45) is 0 Å². The predicted octanol–water partition coefficient (Wildman–Crippen LogP) is 10.6. The van der Waals surface area contributed by atoms with Crippen LogP contribution >= 0.6 is 0 Å². The zero-order chi connectivity index (χ0) is 28.1. The third-order valence-corrected chi connectivity index (χ3v) is 8.60. The van der Waals surface area contributed by atoms with Gasteiger partial charge in [0.2, 0.25) is 5.00 Å². The van der Waals surface area contributed by atoms with Gasteiger partial charge in [-0.05, 0) is 39.8 Å². The Bertz CT molecular complexity index is 545. The molecule has 0 aromatic carbocycles. The number of rotatable bonds is 27. The van der Waals surface area contributed by atoms with Crippen molar-refractivity contribution in [3.63, 3.8) is 0 Å². The van der Waals surface area contributed by atoms with Gasteiger partial charge in [0.05, 0.1) is 0 Å². The van der Waals surface area contributed by atoms with Gasteiger partial charge < -0.3 is 5.32 Å². The van der Waals surface area contributed by atoms with E-state index in [9.17, 15) is 13.0 Å². The smallest absolute Gasteiger partial charge is 0.300 e. The van der Waals surface area contributed by atoms with Crippen molar-refractivity contribution in [3.05, 3.63) is 0 Å². The fourth-order valence-corrected chi connectivity index (χ4v) is 5.65. The SMILES string of the molecule is CCCCCCCCCCCCCCCCCCC(F)(CCCCCCCCCC)S(=O)(=O)O.CNC. The molecule has 226 valence electrons. The molecule has 0 saturated heterocycles. The van der Waals surface area contributed by atoms with Crippen molar-refractivity contribution >= 4 is 10.1 Å². The Kier molecular flexibility index (Phi) is 30.3. The van der Waals surface area contributed by atoms with Crippen molar-refractivity contribution in [1.29, 1.82) is 0 Å². The molecule has 0 radical (unpaired) electrons. The molecule has 0 aliphatic carbocycles. The van der Waals surface area contributed by atoms with Crippen LogP contribution in [0.2, 0.25) is 0 Å². The molecule has 0 aromatic heterocycles. The zero-order valence-corrected chi connectivity index (χ0v) is 26.3. The molecule has 0 spiro atoms. The molecule has 1 atom stereocenters. The van der Waals surface area contributed by atoms with Crippen LogP contribution in [0.3, 0.4) is 0 Å². The maximum Gasteiger partial charge on any atom is 0.300 e. The van der Waals surface area contributed by atoms with Gasteiger partial charge in [-0.3, -0.25) is 4.55 Å². The maximum atomic E-state index is 15.0. The highest BCUT2D eigenvalue weighted by Gasteiger charge is 2.42. The molecule has 37 heavy (non-hydrogen) atoms. The van der Waals surface area contributed by atoms with Crippen LogP contribution in [0.1, 0.15) is 181 Å². The van der Waals surface area contributed by atoms with E-state index >= 15 is 4.39 Å². The molecular weight excluding hydrogens is 485 g/mol. The Morgan fingerprint density at radius 2 is 0.703 bits per heavy atom. The first-order valence-electron chi connectivity index (χ1n) is 16.0. The molecule has 6 heteroatoms. The molecule has 0 aromatic rings. The molecule has 1 unspecified atom stereocenters. The Hall–Kier alpha value is -0.200. The lowest BCUT2D eigenvalue weighted by molar-refractivity contribution is 0.203. The first-order valence-corrected chi connectivity index (χ1v) is 17.5. The molecule has 0 aliphatic heterocycles. The summed E-state index contributed by atoms with van der Waals surface area (Å²) >= 11 is 0. The maximum absolute atomic E-state index is 15.0. The van der Waals surface area contributed by atoms with E-state index in [1.807, 2.05) is 14.1 Å². The summed E-state index contributed by atoms with van der Waals surface area (Å²) in [6, 6.07) is 0. The van der Waals surface area contributed by atoms with E-state index in [1.165, 1.54) is 103 Å². The van der Waals surface area contributed by atoms with Gasteiger partial charge in [0.15, 0.2) is 0 Å². The Morgan fingerprint density at radius 3 is 0.892 bits per heavy atom. The third-order valence-electron chi connectivity index (χ3n) is 7.27. The van der Waals surface area contributed by atoms with E-state index in [2.05, 4.69) is 19.2 Å². The summed E-state index contributed by atoms with van der Waals surface area (Å²) in [6.45, 7) is 4.45. The molecule has 2 N–H and O–H groups in total. The van der Waals surface area contributed by atoms with Crippen LogP contribution in [0, 0.1) is 0 Å². The molecule has 0 fully saturated rings. The standard InChI is InChI=1S/C29H59FO3S.C2H7N/c1-3-5-7-9-11-13-14-15-16-17-18-19-20-22-24-26-28-29(30,34(31,32)33)27-25-23-21-12-10-8-6-4-2;1-3-2/h3-28H2,1-2H3,(H,31,32,33);3H,1-2H3. The minimum absolute atomic E-state index is 0.0687. The van der Waals surface area contributed by atoms with Crippen molar-refractivity contribution in [2.45, 2.75) is 186 Å². The second kappa shape index (κ2) is 28.8. The molecule has 0 saturated carbocycles. The summed E-state index contributed by atoms with van der Waals surface area (Å²) in [5, 5.41) is 0.297. The lowest BCUT2D eigenvalue weighted by atomic mass is 10.0. The molecule has 0 amide bonds.